The third-order valence-electron chi connectivity index (χ3n) is 5.15. The van der Waals surface area contributed by atoms with Crippen LogP contribution in [0.2, 0.25) is 0 Å². The third kappa shape index (κ3) is 2.85. The summed E-state index contributed by atoms with van der Waals surface area (Å²) in [6.07, 6.45) is 4.49. The number of nitrogens with one attached hydrogen (secondary N) is 2. The van der Waals surface area contributed by atoms with Gasteiger partial charge in [-0.15, -0.1) is 0 Å². The van der Waals surface area contributed by atoms with Gasteiger partial charge in [-0.25, -0.2) is 18.9 Å². The van der Waals surface area contributed by atoms with Gasteiger partial charge in [0.25, 0.3) is 0 Å². The number of halogens is 1. The van der Waals surface area contributed by atoms with E-state index in [-0.39, 0.29) is 11.5 Å². The standard InChI is InChI=1S/C21H19FN6O/c22-15-4-5-18-16(11-15)19(12-27(18)9-1-7-23)28-20(25-26-21(28)29)14-3-2-13-6-8-24-17(13)10-14/h2-6,8,10-12,24H,1,7,9,23H2,(H,26,29). The fraction of sp³-hybridized carbons (Fsp3) is 0.143. The van der Waals surface area contributed by atoms with Crippen molar-refractivity contribution in [1.82, 2.24) is 24.3 Å². The molecule has 0 fully saturated rings. The smallest absolute Gasteiger partial charge is 0.348 e. The van der Waals surface area contributed by atoms with E-state index in [2.05, 4.69) is 15.2 Å². The van der Waals surface area contributed by atoms with Gasteiger partial charge < -0.3 is 15.3 Å². The lowest BCUT2D eigenvalue weighted by Crippen LogP contribution is -2.15. The maximum atomic E-state index is 14.0. The van der Waals surface area contributed by atoms with Crippen LogP contribution in [0.5, 0.6) is 0 Å². The SMILES string of the molecule is NCCCn1cc(-n2c(-c3ccc4cc[nH]c4c3)n[nH]c2=O)c2cc(F)ccc21. The molecule has 8 heteroatoms. The van der Waals surface area contributed by atoms with Crippen molar-refractivity contribution in [2.24, 2.45) is 5.73 Å². The molecule has 0 aliphatic carbocycles. The number of fused-ring (bicyclic) bond motifs is 2. The Hall–Kier alpha value is -3.65. The fourth-order valence-electron chi connectivity index (χ4n) is 3.78. The highest BCUT2D eigenvalue weighted by atomic mass is 19.1. The van der Waals surface area contributed by atoms with Gasteiger partial charge in [-0.2, -0.15) is 5.10 Å². The van der Waals surface area contributed by atoms with Gasteiger partial charge in [-0.1, -0.05) is 12.1 Å². The zero-order valence-electron chi connectivity index (χ0n) is 15.5. The second-order valence-corrected chi connectivity index (χ2v) is 6.98. The number of rotatable bonds is 5. The molecular formula is C21H19FN6O. The molecule has 0 saturated heterocycles. The van der Waals surface area contributed by atoms with Crippen molar-refractivity contribution in [1.29, 1.82) is 0 Å². The average molecular weight is 390 g/mol. The lowest BCUT2D eigenvalue weighted by atomic mass is 10.1. The normalized spacial score (nSPS) is 11.7. The van der Waals surface area contributed by atoms with Crippen molar-refractivity contribution >= 4 is 21.8 Å². The summed E-state index contributed by atoms with van der Waals surface area (Å²) in [6, 6.07) is 12.4. The topological polar surface area (TPSA) is 97.4 Å². The van der Waals surface area contributed by atoms with E-state index >= 15 is 0 Å². The van der Waals surface area contributed by atoms with Gasteiger partial charge in [0.05, 0.1) is 11.2 Å². The number of H-pyrrole nitrogens is 2. The number of nitrogens with two attached hydrogens (primary N) is 1. The predicted octanol–water partition coefficient (Wildman–Crippen LogP) is 3.15. The Kier molecular flexibility index (Phi) is 4.06. The minimum atomic E-state index is -0.381. The van der Waals surface area contributed by atoms with Crippen molar-refractivity contribution in [3.8, 4) is 17.1 Å². The zero-order chi connectivity index (χ0) is 20.0. The third-order valence-corrected chi connectivity index (χ3v) is 5.15. The van der Waals surface area contributed by atoms with Crippen LogP contribution < -0.4 is 11.4 Å². The summed E-state index contributed by atoms with van der Waals surface area (Å²) in [6.45, 7) is 1.22. The summed E-state index contributed by atoms with van der Waals surface area (Å²) in [5.41, 5.74) is 8.42. The summed E-state index contributed by atoms with van der Waals surface area (Å²) in [7, 11) is 0. The molecule has 3 aromatic heterocycles. The molecule has 5 rings (SSSR count). The van der Waals surface area contributed by atoms with E-state index in [4.69, 9.17) is 5.73 Å². The highest BCUT2D eigenvalue weighted by Crippen LogP contribution is 2.29. The van der Waals surface area contributed by atoms with Crippen LogP contribution in [0.4, 0.5) is 4.39 Å². The van der Waals surface area contributed by atoms with Crippen molar-refractivity contribution in [2.75, 3.05) is 6.54 Å². The Morgan fingerprint density at radius 2 is 2.03 bits per heavy atom. The average Bonchev–Trinajstić information content (AvgIpc) is 3.42. The molecule has 0 aliphatic rings. The molecule has 0 aliphatic heterocycles. The number of nitrogens with zero attached hydrogens (tertiary/aromatic N) is 3. The number of aromatic nitrogens is 5. The van der Waals surface area contributed by atoms with Crippen LogP contribution in [0.15, 0.2) is 59.7 Å². The van der Waals surface area contributed by atoms with Gasteiger partial charge in [-0.3, -0.25) is 0 Å². The monoisotopic (exact) mass is 390 g/mol. The summed E-state index contributed by atoms with van der Waals surface area (Å²) >= 11 is 0. The molecule has 0 saturated carbocycles. The van der Waals surface area contributed by atoms with E-state index in [9.17, 15) is 9.18 Å². The molecule has 0 spiro atoms. The van der Waals surface area contributed by atoms with Crippen molar-refractivity contribution in [3.05, 3.63) is 71.2 Å². The second kappa shape index (κ2) is 6.75. The van der Waals surface area contributed by atoms with Crippen molar-refractivity contribution in [2.45, 2.75) is 13.0 Å². The van der Waals surface area contributed by atoms with Crippen LogP contribution in [0.3, 0.4) is 0 Å². The fourth-order valence-corrected chi connectivity index (χ4v) is 3.78. The molecule has 0 amide bonds. The quantitative estimate of drug-likeness (QED) is 0.430. The Bertz CT molecular complexity index is 1390. The van der Waals surface area contributed by atoms with Gasteiger partial charge >= 0.3 is 5.69 Å². The molecule has 2 aromatic carbocycles. The molecular weight excluding hydrogens is 371 g/mol. The van der Waals surface area contributed by atoms with Gasteiger partial charge in [0.1, 0.15) is 5.82 Å². The second-order valence-electron chi connectivity index (χ2n) is 6.98. The highest BCUT2D eigenvalue weighted by molar-refractivity contribution is 5.90. The maximum absolute atomic E-state index is 14.0. The summed E-state index contributed by atoms with van der Waals surface area (Å²) in [5, 5.41) is 8.49. The van der Waals surface area contributed by atoms with Crippen LogP contribution >= 0.6 is 0 Å². The Labute approximate surface area is 164 Å². The lowest BCUT2D eigenvalue weighted by molar-refractivity contribution is 0.629. The molecule has 29 heavy (non-hydrogen) atoms. The minimum absolute atomic E-state index is 0.360. The van der Waals surface area contributed by atoms with Gasteiger partial charge in [0.2, 0.25) is 0 Å². The summed E-state index contributed by atoms with van der Waals surface area (Å²) < 4.78 is 17.5. The van der Waals surface area contributed by atoms with E-state index in [1.807, 2.05) is 41.2 Å². The molecule has 0 atom stereocenters. The van der Waals surface area contributed by atoms with Gasteiger partial charge in [0, 0.05) is 35.4 Å². The minimum Gasteiger partial charge on any atom is -0.361 e. The first-order valence-electron chi connectivity index (χ1n) is 9.39. The first-order chi connectivity index (χ1) is 14.2. The van der Waals surface area contributed by atoms with Gasteiger partial charge in [-0.05, 0) is 48.7 Å². The van der Waals surface area contributed by atoms with Crippen molar-refractivity contribution < 1.29 is 4.39 Å². The van der Waals surface area contributed by atoms with Crippen molar-refractivity contribution in [3.63, 3.8) is 0 Å². The molecule has 3 heterocycles. The Morgan fingerprint density at radius 3 is 2.90 bits per heavy atom. The lowest BCUT2D eigenvalue weighted by Gasteiger charge is -2.05. The first kappa shape index (κ1) is 17.4. The zero-order valence-corrected chi connectivity index (χ0v) is 15.5. The number of hydrogen-bond acceptors (Lipinski definition) is 3. The number of aromatic amines is 2. The Morgan fingerprint density at radius 1 is 1.14 bits per heavy atom. The van der Waals surface area contributed by atoms with Crippen LogP contribution in [0.25, 0.3) is 38.9 Å². The highest BCUT2D eigenvalue weighted by Gasteiger charge is 2.18. The molecule has 5 aromatic rings. The van der Waals surface area contributed by atoms with E-state index in [1.54, 1.807) is 6.07 Å². The number of hydrogen-bond donors (Lipinski definition) is 3. The maximum Gasteiger partial charge on any atom is 0.348 e. The number of aryl methyl sites for hydroxylation is 1. The van der Waals surface area contributed by atoms with E-state index in [0.29, 0.717) is 30.0 Å². The summed E-state index contributed by atoms with van der Waals surface area (Å²) in [4.78, 5) is 15.9. The van der Waals surface area contributed by atoms with E-state index in [0.717, 1.165) is 28.4 Å². The van der Waals surface area contributed by atoms with E-state index < -0.39 is 0 Å². The van der Waals surface area contributed by atoms with Crippen LogP contribution in [0.1, 0.15) is 6.42 Å². The van der Waals surface area contributed by atoms with Crippen LogP contribution in [-0.4, -0.2) is 30.9 Å². The first-order valence-corrected chi connectivity index (χ1v) is 9.39. The Balaban J connectivity index is 1.74. The molecule has 0 unspecified atom stereocenters. The number of benzene rings is 2. The summed E-state index contributed by atoms with van der Waals surface area (Å²) in [5.74, 6) is 0.106. The molecule has 0 radical (unpaired) electrons. The molecule has 4 N–H and O–H groups in total. The van der Waals surface area contributed by atoms with Gasteiger partial charge in [0.15, 0.2) is 5.82 Å². The largest absolute Gasteiger partial charge is 0.361 e. The van der Waals surface area contributed by atoms with E-state index in [1.165, 1.54) is 16.7 Å². The van der Waals surface area contributed by atoms with Crippen LogP contribution in [0, 0.1) is 5.82 Å². The predicted molar refractivity (Wildman–Crippen MR) is 111 cm³/mol. The van der Waals surface area contributed by atoms with Crippen LogP contribution in [-0.2, 0) is 6.54 Å². The molecule has 146 valence electrons. The molecule has 0 bridgehead atoms. The molecule has 7 nitrogen and oxygen atoms in total.